The molecular weight excluding hydrogens is 272 g/mol. The summed E-state index contributed by atoms with van der Waals surface area (Å²) in [5.41, 5.74) is 5.04. The molecule has 6 heteroatoms. The van der Waals surface area contributed by atoms with E-state index in [1.54, 1.807) is 6.07 Å². The van der Waals surface area contributed by atoms with Gasteiger partial charge >= 0.3 is 5.97 Å². The van der Waals surface area contributed by atoms with Gasteiger partial charge in [0.05, 0.1) is 5.56 Å². The Hall–Kier alpha value is -2.08. The van der Waals surface area contributed by atoms with Crippen LogP contribution in [0.25, 0.3) is 0 Å². The maximum Gasteiger partial charge on any atom is 0.337 e. The van der Waals surface area contributed by atoms with Gasteiger partial charge in [-0.1, -0.05) is 23.9 Å². The summed E-state index contributed by atoms with van der Waals surface area (Å²) in [4.78, 5) is 11.1. The van der Waals surface area contributed by atoms with Crippen LogP contribution >= 0.6 is 11.8 Å². The van der Waals surface area contributed by atoms with Crippen LogP contribution in [0.15, 0.2) is 46.2 Å². The lowest BCUT2D eigenvalue weighted by atomic mass is 10.2. The van der Waals surface area contributed by atoms with Gasteiger partial charge in [-0.2, -0.15) is 0 Å². The second-order valence-electron chi connectivity index (χ2n) is 3.71. The molecule has 3 nitrogen and oxygen atoms in total. The summed E-state index contributed by atoms with van der Waals surface area (Å²) < 4.78 is 27.2. The molecule has 0 amide bonds. The standard InChI is InChI=1S/C13H9F2NO2S/c14-8-3-1-2-4-11(8)19-12-5-7(13(17)18)10(16)6-9(12)15/h1-6H,16H2,(H,17,18). The third-order valence-electron chi connectivity index (χ3n) is 2.39. The van der Waals surface area contributed by atoms with Crippen LogP contribution in [0.4, 0.5) is 14.5 Å². The predicted octanol–water partition coefficient (Wildman–Crippen LogP) is 3.40. The molecular formula is C13H9F2NO2S. The molecule has 0 aliphatic rings. The lowest BCUT2D eigenvalue weighted by molar-refractivity contribution is 0.0697. The van der Waals surface area contributed by atoms with Crippen LogP contribution in [0, 0.1) is 11.6 Å². The average molecular weight is 281 g/mol. The van der Waals surface area contributed by atoms with E-state index in [-0.39, 0.29) is 21.0 Å². The second kappa shape index (κ2) is 5.27. The van der Waals surface area contributed by atoms with Gasteiger partial charge in [0, 0.05) is 15.5 Å². The zero-order valence-corrected chi connectivity index (χ0v) is 10.4. The molecule has 2 rings (SSSR count). The summed E-state index contributed by atoms with van der Waals surface area (Å²) in [5.74, 6) is -2.44. The largest absolute Gasteiger partial charge is 0.478 e. The molecule has 0 spiro atoms. The molecule has 0 aromatic heterocycles. The van der Waals surface area contributed by atoms with Gasteiger partial charge in [0.2, 0.25) is 0 Å². The quantitative estimate of drug-likeness (QED) is 0.846. The Morgan fingerprint density at radius 2 is 1.79 bits per heavy atom. The number of anilines is 1. The van der Waals surface area contributed by atoms with Crippen molar-refractivity contribution >= 4 is 23.4 Å². The fourth-order valence-electron chi connectivity index (χ4n) is 1.48. The molecule has 0 aliphatic heterocycles. The van der Waals surface area contributed by atoms with Crippen molar-refractivity contribution in [3.63, 3.8) is 0 Å². The number of carbonyl (C=O) groups is 1. The Labute approximate surface area is 112 Å². The van der Waals surface area contributed by atoms with Crippen molar-refractivity contribution in [1.82, 2.24) is 0 Å². The first kappa shape index (κ1) is 13.4. The van der Waals surface area contributed by atoms with Crippen molar-refractivity contribution in [2.45, 2.75) is 9.79 Å². The molecule has 0 aliphatic carbocycles. The SMILES string of the molecule is Nc1cc(F)c(Sc2ccccc2F)cc1C(=O)O. The van der Waals surface area contributed by atoms with Crippen molar-refractivity contribution < 1.29 is 18.7 Å². The van der Waals surface area contributed by atoms with Gasteiger partial charge in [-0.25, -0.2) is 13.6 Å². The topological polar surface area (TPSA) is 63.3 Å². The summed E-state index contributed by atoms with van der Waals surface area (Å²) in [6.07, 6.45) is 0. The summed E-state index contributed by atoms with van der Waals surface area (Å²) in [5, 5.41) is 8.92. The van der Waals surface area contributed by atoms with Crippen molar-refractivity contribution in [3.05, 3.63) is 53.6 Å². The van der Waals surface area contributed by atoms with Crippen molar-refractivity contribution in [3.8, 4) is 0 Å². The van der Waals surface area contributed by atoms with Crippen LogP contribution in [0.1, 0.15) is 10.4 Å². The number of hydrogen-bond acceptors (Lipinski definition) is 3. The fourth-order valence-corrected chi connectivity index (χ4v) is 2.36. The molecule has 0 unspecified atom stereocenters. The first-order valence-electron chi connectivity index (χ1n) is 5.23. The van der Waals surface area contributed by atoms with Gasteiger partial charge < -0.3 is 10.8 Å². The predicted molar refractivity (Wildman–Crippen MR) is 68.3 cm³/mol. The minimum atomic E-state index is -1.26. The molecule has 0 bridgehead atoms. The maximum atomic E-state index is 13.7. The Balaban J connectivity index is 2.43. The van der Waals surface area contributed by atoms with Gasteiger partial charge in [0.1, 0.15) is 11.6 Å². The van der Waals surface area contributed by atoms with Crippen LogP contribution in [-0.2, 0) is 0 Å². The first-order valence-corrected chi connectivity index (χ1v) is 6.05. The van der Waals surface area contributed by atoms with E-state index < -0.39 is 17.6 Å². The number of nitrogen functional groups attached to an aromatic ring is 1. The minimum Gasteiger partial charge on any atom is -0.478 e. The Morgan fingerprint density at radius 3 is 2.42 bits per heavy atom. The maximum absolute atomic E-state index is 13.7. The van der Waals surface area contributed by atoms with Crippen molar-refractivity contribution in [2.24, 2.45) is 0 Å². The van der Waals surface area contributed by atoms with E-state index in [2.05, 4.69) is 0 Å². The summed E-state index contributed by atoms with van der Waals surface area (Å²) in [7, 11) is 0. The molecule has 98 valence electrons. The Morgan fingerprint density at radius 1 is 1.11 bits per heavy atom. The highest BCUT2D eigenvalue weighted by molar-refractivity contribution is 7.99. The average Bonchev–Trinajstić information content (AvgIpc) is 2.34. The molecule has 0 radical (unpaired) electrons. The van der Waals surface area contributed by atoms with E-state index in [1.165, 1.54) is 18.2 Å². The van der Waals surface area contributed by atoms with Crippen LogP contribution < -0.4 is 5.73 Å². The minimum absolute atomic E-state index is 0.0108. The normalized spacial score (nSPS) is 10.4. The third kappa shape index (κ3) is 2.85. The molecule has 0 atom stereocenters. The van der Waals surface area contributed by atoms with E-state index >= 15 is 0 Å². The van der Waals surface area contributed by atoms with Gasteiger partial charge in [-0.3, -0.25) is 0 Å². The summed E-state index contributed by atoms with van der Waals surface area (Å²) in [6.45, 7) is 0. The van der Waals surface area contributed by atoms with E-state index in [9.17, 15) is 13.6 Å². The summed E-state index contributed by atoms with van der Waals surface area (Å²) in [6, 6.07) is 7.88. The fraction of sp³-hybridized carbons (Fsp3) is 0. The van der Waals surface area contributed by atoms with Crippen LogP contribution in [0.3, 0.4) is 0 Å². The number of carboxylic acid groups (broad SMARTS) is 1. The number of benzene rings is 2. The Bertz CT molecular complexity index is 647. The van der Waals surface area contributed by atoms with Gasteiger partial charge in [-0.05, 0) is 24.3 Å². The third-order valence-corrected chi connectivity index (χ3v) is 3.47. The number of aromatic carboxylic acids is 1. The number of halogens is 2. The van der Waals surface area contributed by atoms with Crippen LogP contribution in [0.2, 0.25) is 0 Å². The second-order valence-corrected chi connectivity index (χ2v) is 4.79. The zero-order chi connectivity index (χ0) is 14.0. The van der Waals surface area contributed by atoms with Gasteiger partial charge in [0.25, 0.3) is 0 Å². The highest BCUT2D eigenvalue weighted by Gasteiger charge is 2.15. The first-order chi connectivity index (χ1) is 8.99. The van der Waals surface area contributed by atoms with Crippen molar-refractivity contribution in [2.75, 3.05) is 5.73 Å². The lowest BCUT2D eigenvalue weighted by Gasteiger charge is -2.07. The Kier molecular flexibility index (Phi) is 3.71. The molecule has 3 N–H and O–H groups in total. The molecule has 2 aromatic rings. The molecule has 2 aromatic carbocycles. The highest BCUT2D eigenvalue weighted by atomic mass is 32.2. The van der Waals surface area contributed by atoms with E-state index in [0.717, 1.165) is 23.9 Å². The molecule has 0 saturated heterocycles. The summed E-state index contributed by atoms with van der Waals surface area (Å²) >= 11 is 0.812. The molecule has 0 heterocycles. The monoisotopic (exact) mass is 281 g/mol. The number of rotatable bonds is 3. The van der Waals surface area contributed by atoms with Gasteiger partial charge in [0.15, 0.2) is 0 Å². The van der Waals surface area contributed by atoms with E-state index in [0.29, 0.717) is 0 Å². The van der Waals surface area contributed by atoms with E-state index in [4.69, 9.17) is 10.8 Å². The number of nitrogens with two attached hydrogens (primary N) is 1. The van der Waals surface area contributed by atoms with Gasteiger partial charge in [-0.15, -0.1) is 0 Å². The van der Waals surface area contributed by atoms with Crippen molar-refractivity contribution in [1.29, 1.82) is 0 Å². The molecule has 19 heavy (non-hydrogen) atoms. The zero-order valence-electron chi connectivity index (χ0n) is 9.56. The molecule has 0 fully saturated rings. The van der Waals surface area contributed by atoms with E-state index in [1.807, 2.05) is 0 Å². The number of carboxylic acids is 1. The van der Waals surface area contributed by atoms with Crippen LogP contribution in [-0.4, -0.2) is 11.1 Å². The molecule has 0 saturated carbocycles. The lowest BCUT2D eigenvalue weighted by Crippen LogP contribution is -2.03. The highest BCUT2D eigenvalue weighted by Crippen LogP contribution is 2.33. The number of hydrogen-bond donors (Lipinski definition) is 2. The van der Waals surface area contributed by atoms with Crippen LogP contribution in [0.5, 0.6) is 0 Å². The smallest absolute Gasteiger partial charge is 0.337 e.